The van der Waals surface area contributed by atoms with E-state index in [1.807, 2.05) is 48.5 Å². The second-order valence-corrected chi connectivity index (χ2v) is 6.72. The summed E-state index contributed by atoms with van der Waals surface area (Å²) in [5.74, 6) is 0.960. The summed E-state index contributed by atoms with van der Waals surface area (Å²) in [6.45, 7) is 3.56. The Labute approximate surface area is 161 Å². The van der Waals surface area contributed by atoms with Crippen LogP contribution in [-0.2, 0) is 0 Å². The maximum atomic E-state index is 12.3. The lowest BCUT2D eigenvalue weighted by Gasteiger charge is -2.10. The minimum absolute atomic E-state index is 0.303. The molecular weight excluding hydrogens is 360 g/mol. The third-order valence-corrected chi connectivity index (χ3v) is 4.96. The fourth-order valence-electron chi connectivity index (χ4n) is 3.32. The molecule has 0 bridgehead atoms. The molecule has 5 heteroatoms. The van der Waals surface area contributed by atoms with E-state index in [1.165, 1.54) is 0 Å². The van der Waals surface area contributed by atoms with E-state index in [2.05, 4.69) is 10.5 Å². The largest absolute Gasteiger partial charge is 0.466 e. The Balaban J connectivity index is 1.76. The lowest BCUT2D eigenvalue weighted by Crippen LogP contribution is -2.17. The number of carbonyl (C=O) groups excluding carboxylic acids is 1. The van der Waals surface area contributed by atoms with Crippen molar-refractivity contribution < 1.29 is 9.21 Å². The quantitative estimate of drug-likeness (QED) is 0.286. The van der Waals surface area contributed by atoms with Crippen LogP contribution >= 0.6 is 11.6 Å². The van der Waals surface area contributed by atoms with Crippen molar-refractivity contribution in [3.05, 3.63) is 82.3 Å². The number of hydrogen-bond acceptors (Lipinski definition) is 3. The van der Waals surface area contributed by atoms with E-state index >= 15 is 0 Å². The maximum absolute atomic E-state index is 12.3. The first-order valence-electron chi connectivity index (χ1n) is 8.55. The van der Waals surface area contributed by atoms with Gasteiger partial charge < -0.3 is 4.42 Å². The lowest BCUT2D eigenvalue weighted by molar-refractivity contribution is 0.0953. The highest BCUT2D eigenvalue weighted by Gasteiger charge is 2.13. The molecule has 0 fully saturated rings. The summed E-state index contributed by atoms with van der Waals surface area (Å²) in [6.07, 6.45) is 1.67. The molecule has 0 aliphatic rings. The fraction of sp³-hybridized carbons (Fsp3) is 0.0909. The molecule has 0 radical (unpaired) electrons. The average Bonchev–Trinajstić information content (AvgIpc) is 3.02. The van der Waals surface area contributed by atoms with E-state index < -0.39 is 0 Å². The molecule has 0 aliphatic heterocycles. The van der Waals surface area contributed by atoms with Crippen LogP contribution in [0.15, 0.2) is 64.1 Å². The van der Waals surface area contributed by atoms with Gasteiger partial charge in [-0.25, -0.2) is 5.43 Å². The summed E-state index contributed by atoms with van der Waals surface area (Å²) in [4.78, 5) is 12.3. The molecule has 4 aromatic rings. The molecule has 1 heterocycles. The summed E-state index contributed by atoms with van der Waals surface area (Å²) >= 11 is 6.61. The number of benzene rings is 3. The van der Waals surface area contributed by atoms with Crippen molar-refractivity contribution in [2.45, 2.75) is 13.8 Å². The highest BCUT2D eigenvalue weighted by molar-refractivity contribution is 6.42. The SMILES string of the molecule is Cc1cc(C(=O)N/N=C\c2c3ccccc3c(Cl)c3ccccc23)c(C)o1. The number of fused-ring (bicyclic) bond motifs is 2. The van der Waals surface area contributed by atoms with Crippen molar-refractivity contribution in [3.8, 4) is 0 Å². The van der Waals surface area contributed by atoms with Crippen LogP contribution in [0.1, 0.15) is 27.4 Å². The summed E-state index contributed by atoms with van der Waals surface area (Å²) < 4.78 is 5.40. The van der Waals surface area contributed by atoms with E-state index in [4.69, 9.17) is 16.0 Å². The Morgan fingerprint density at radius 1 is 1.00 bits per heavy atom. The van der Waals surface area contributed by atoms with Gasteiger partial charge >= 0.3 is 0 Å². The molecule has 134 valence electrons. The first-order valence-corrected chi connectivity index (χ1v) is 8.93. The number of nitrogens with zero attached hydrogens (tertiary/aromatic N) is 1. The first kappa shape index (κ1) is 17.3. The zero-order valence-corrected chi connectivity index (χ0v) is 15.7. The Bertz CT molecular complexity index is 1150. The minimum Gasteiger partial charge on any atom is -0.466 e. The molecule has 0 spiro atoms. The molecule has 27 heavy (non-hydrogen) atoms. The highest BCUT2D eigenvalue weighted by Crippen LogP contribution is 2.35. The van der Waals surface area contributed by atoms with Gasteiger partial charge in [0.15, 0.2) is 0 Å². The smallest absolute Gasteiger partial charge is 0.274 e. The molecule has 0 saturated heterocycles. The first-order chi connectivity index (χ1) is 13.1. The topological polar surface area (TPSA) is 54.6 Å². The van der Waals surface area contributed by atoms with Crippen molar-refractivity contribution in [3.63, 3.8) is 0 Å². The van der Waals surface area contributed by atoms with Crippen molar-refractivity contribution in [1.82, 2.24) is 5.43 Å². The number of amides is 1. The predicted molar refractivity (Wildman–Crippen MR) is 110 cm³/mol. The van der Waals surface area contributed by atoms with Crippen LogP contribution < -0.4 is 5.43 Å². The van der Waals surface area contributed by atoms with Gasteiger partial charge in [-0.3, -0.25) is 4.79 Å². The minimum atomic E-state index is -0.303. The zero-order chi connectivity index (χ0) is 19.0. The van der Waals surface area contributed by atoms with Gasteiger partial charge in [-0.05, 0) is 30.7 Å². The molecule has 1 amide bonds. The van der Waals surface area contributed by atoms with Gasteiger partial charge in [-0.15, -0.1) is 0 Å². The number of halogens is 1. The van der Waals surface area contributed by atoms with Gasteiger partial charge in [-0.2, -0.15) is 5.10 Å². The standard InChI is InChI=1S/C22H17ClN2O2/c1-13-11-19(14(2)27-13)22(26)25-24-12-20-15-7-3-5-9-17(15)21(23)18-10-6-4-8-16(18)20/h3-12H,1-2H3,(H,25,26)/b24-12-. The maximum Gasteiger partial charge on any atom is 0.274 e. The van der Waals surface area contributed by atoms with Gasteiger partial charge in [0, 0.05) is 16.3 Å². The van der Waals surface area contributed by atoms with Crippen LogP contribution in [0.3, 0.4) is 0 Å². The Morgan fingerprint density at radius 3 is 2.07 bits per heavy atom. The predicted octanol–water partition coefficient (Wildman–Crippen LogP) is 5.62. The Kier molecular flexibility index (Phi) is 4.42. The van der Waals surface area contributed by atoms with E-state index in [0.29, 0.717) is 22.1 Å². The van der Waals surface area contributed by atoms with E-state index in [9.17, 15) is 4.79 Å². The average molecular weight is 377 g/mol. The summed E-state index contributed by atoms with van der Waals surface area (Å²) in [6, 6.07) is 17.5. The number of hydrazone groups is 1. The molecule has 0 aliphatic carbocycles. The van der Waals surface area contributed by atoms with Crippen molar-refractivity contribution in [2.24, 2.45) is 5.10 Å². The molecule has 0 saturated carbocycles. The monoisotopic (exact) mass is 376 g/mol. The van der Waals surface area contributed by atoms with Gasteiger partial charge in [0.1, 0.15) is 11.5 Å². The molecule has 0 atom stereocenters. The molecule has 3 aromatic carbocycles. The van der Waals surface area contributed by atoms with Crippen LogP contribution in [0.5, 0.6) is 0 Å². The molecule has 1 aromatic heterocycles. The fourth-order valence-corrected chi connectivity index (χ4v) is 3.65. The number of aryl methyl sites for hydroxylation is 2. The lowest BCUT2D eigenvalue weighted by atomic mass is 9.97. The normalized spacial score (nSPS) is 11.5. The van der Waals surface area contributed by atoms with Crippen LogP contribution in [0, 0.1) is 13.8 Å². The number of carbonyl (C=O) groups is 1. The summed E-state index contributed by atoms with van der Waals surface area (Å²) in [5.41, 5.74) is 3.97. The number of rotatable bonds is 3. The van der Waals surface area contributed by atoms with E-state index in [1.54, 1.807) is 26.1 Å². The number of nitrogens with one attached hydrogen (secondary N) is 1. The van der Waals surface area contributed by atoms with Crippen molar-refractivity contribution in [2.75, 3.05) is 0 Å². The molecule has 1 N–H and O–H groups in total. The molecule has 0 unspecified atom stereocenters. The van der Waals surface area contributed by atoms with E-state index in [0.717, 1.165) is 27.1 Å². The van der Waals surface area contributed by atoms with Gasteiger partial charge in [-0.1, -0.05) is 60.1 Å². The second-order valence-electron chi connectivity index (χ2n) is 6.34. The Hall–Kier alpha value is -3.11. The van der Waals surface area contributed by atoms with Crippen molar-refractivity contribution >= 4 is 45.3 Å². The summed E-state index contributed by atoms with van der Waals surface area (Å²) in [5, 5.41) is 8.77. The zero-order valence-electron chi connectivity index (χ0n) is 14.9. The highest BCUT2D eigenvalue weighted by atomic mass is 35.5. The Morgan fingerprint density at radius 2 is 1.56 bits per heavy atom. The van der Waals surface area contributed by atoms with Crippen LogP contribution in [0.4, 0.5) is 0 Å². The van der Waals surface area contributed by atoms with Crippen LogP contribution in [-0.4, -0.2) is 12.1 Å². The van der Waals surface area contributed by atoms with Gasteiger partial charge in [0.05, 0.1) is 16.8 Å². The van der Waals surface area contributed by atoms with Gasteiger partial charge in [0.25, 0.3) is 5.91 Å². The van der Waals surface area contributed by atoms with E-state index in [-0.39, 0.29) is 5.91 Å². The molecule has 4 nitrogen and oxygen atoms in total. The number of furan rings is 1. The third kappa shape index (κ3) is 3.09. The number of hydrogen-bond donors (Lipinski definition) is 1. The van der Waals surface area contributed by atoms with Crippen LogP contribution in [0.25, 0.3) is 21.5 Å². The molecular formula is C22H17ClN2O2. The summed E-state index contributed by atoms with van der Waals surface area (Å²) in [7, 11) is 0. The second kappa shape index (κ2) is 6.89. The van der Waals surface area contributed by atoms with Gasteiger partial charge in [0.2, 0.25) is 0 Å². The van der Waals surface area contributed by atoms with Crippen molar-refractivity contribution in [1.29, 1.82) is 0 Å². The van der Waals surface area contributed by atoms with Crippen LogP contribution in [0.2, 0.25) is 5.02 Å². The molecule has 4 rings (SSSR count). The third-order valence-electron chi connectivity index (χ3n) is 4.55.